The number of benzene rings is 1. The molecule has 1 unspecified atom stereocenters. The molecule has 3 heteroatoms. The van der Waals surface area contributed by atoms with Crippen molar-refractivity contribution in [3.8, 4) is 0 Å². The summed E-state index contributed by atoms with van der Waals surface area (Å²) in [5.74, 6) is 0.338. The number of nitrogens with two attached hydrogens (primary N) is 1. The molecule has 0 aliphatic heterocycles. The molecule has 0 fully saturated rings. The number of nitrogens with one attached hydrogen (secondary N) is 1. The summed E-state index contributed by atoms with van der Waals surface area (Å²) in [5.41, 5.74) is 6.24. The third-order valence-electron chi connectivity index (χ3n) is 3.47. The average molecular weight is 252 g/mol. The van der Waals surface area contributed by atoms with E-state index in [1.807, 2.05) is 26.0 Å². The van der Waals surface area contributed by atoms with Gasteiger partial charge in [0.25, 0.3) is 0 Å². The van der Waals surface area contributed by atoms with Gasteiger partial charge in [0.1, 0.15) is 5.82 Å². The lowest BCUT2D eigenvalue weighted by Crippen LogP contribution is -2.45. The van der Waals surface area contributed by atoms with Gasteiger partial charge in [0.05, 0.1) is 0 Å². The average Bonchev–Trinajstić information content (AvgIpc) is 2.29. The van der Waals surface area contributed by atoms with Crippen LogP contribution in [0.3, 0.4) is 0 Å². The van der Waals surface area contributed by atoms with E-state index in [-0.39, 0.29) is 17.3 Å². The first kappa shape index (κ1) is 15.1. The van der Waals surface area contributed by atoms with Crippen LogP contribution in [0.15, 0.2) is 24.3 Å². The van der Waals surface area contributed by atoms with E-state index in [1.54, 1.807) is 6.07 Å². The van der Waals surface area contributed by atoms with Crippen molar-refractivity contribution in [2.45, 2.75) is 39.2 Å². The molecule has 0 saturated heterocycles. The van der Waals surface area contributed by atoms with Gasteiger partial charge in [0.15, 0.2) is 0 Å². The Hall–Kier alpha value is -0.930. The van der Waals surface area contributed by atoms with E-state index >= 15 is 0 Å². The minimum Gasteiger partial charge on any atom is -0.329 e. The third-order valence-corrected chi connectivity index (χ3v) is 3.47. The van der Waals surface area contributed by atoms with Crippen molar-refractivity contribution in [3.63, 3.8) is 0 Å². The van der Waals surface area contributed by atoms with Crippen LogP contribution in [0.5, 0.6) is 0 Å². The molecule has 18 heavy (non-hydrogen) atoms. The summed E-state index contributed by atoms with van der Waals surface area (Å²) in [6, 6.07) is 7.24. The predicted molar refractivity (Wildman–Crippen MR) is 75.1 cm³/mol. The van der Waals surface area contributed by atoms with E-state index < -0.39 is 0 Å². The second kappa shape index (κ2) is 6.30. The van der Waals surface area contributed by atoms with E-state index in [0.717, 1.165) is 5.56 Å². The molecule has 0 radical (unpaired) electrons. The van der Waals surface area contributed by atoms with Crippen molar-refractivity contribution in [1.82, 2.24) is 5.32 Å². The Labute approximate surface area is 110 Å². The standard InChI is InChI=1S/C15H25FN2/c1-11(2)14(9-17)18-10-15(3,4)12-7-5-6-8-13(12)16/h5-8,11,14,18H,9-10,17H2,1-4H3. The fourth-order valence-electron chi connectivity index (χ4n) is 2.08. The lowest BCUT2D eigenvalue weighted by Gasteiger charge is -2.30. The van der Waals surface area contributed by atoms with Gasteiger partial charge in [-0.05, 0) is 17.5 Å². The van der Waals surface area contributed by atoms with E-state index in [2.05, 4.69) is 19.2 Å². The van der Waals surface area contributed by atoms with E-state index in [9.17, 15) is 4.39 Å². The molecule has 102 valence electrons. The summed E-state index contributed by atoms with van der Waals surface area (Å²) < 4.78 is 13.8. The minimum absolute atomic E-state index is 0.141. The van der Waals surface area contributed by atoms with Crippen LogP contribution in [0.25, 0.3) is 0 Å². The fourth-order valence-corrected chi connectivity index (χ4v) is 2.08. The van der Waals surface area contributed by atoms with Gasteiger partial charge < -0.3 is 11.1 Å². The zero-order valence-corrected chi connectivity index (χ0v) is 11.8. The summed E-state index contributed by atoms with van der Waals surface area (Å²) >= 11 is 0. The van der Waals surface area contributed by atoms with Crippen LogP contribution in [0.1, 0.15) is 33.3 Å². The third kappa shape index (κ3) is 3.79. The highest BCUT2D eigenvalue weighted by Crippen LogP contribution is 2.25. The van der Waals surface area contributed by atoms with Crippen molar-refractivity contribution in [2.75, 3.05) is 13.1 Å². The van der Waals surface area contributed by atoms with Gasteiger partial charge >= 0.3 is 0 Å². The van der Waals surface area contributed by atoms with Crippen LogP contribution >= 0.6 is 0 Å². The number of rotatable bonds is 6. The second-order valence-electron chi connectivity index (χ2n) is 5.83. The van der Waals surface area contributed by atoms with Crippen LogP contribution in [0.4, 0.5) is 4.39 Å². The summed E-state index contributed by atoms with van der Waals surface area (Å²) in [7, 11) is 0. The largest absolute Gasteiger partial charge is 0.329 e. The Morgan fingerprint density at radius 1 is 1.28 bits per heavy atom. The van der Waals surface area contributed by atoms with Gasteiger partial charge in [-0.15, -0.1) is 0 Å². The lowest BCUT2D eigenvalue weighted by molar-refractivity contribution is 0.355. The molecule has 0 aliphatic carbocycles. The smallest absolute Gasteiger partial charge is 0.126 e. The van der Waals surface area contributed by atoms with Gasteiger partial charge in [-0.2, -0.15) is 0 Å². The Morgan fingerprint density at radius 2 is 1.89 bits per heavy atom. The van der Waals surface area contributed by atoms with E-state index in [0.29, 0.717) is 19.0 Å². The maximum absolute atomic E-state index is 13.8. The molecule has 0 aromatic heterocycles. The summed E-state index contributed by atoms with van der Waals surface area (Å²) in [6.45, 7) is 9.69. The summed E-state index contributed by atoms with van der Waals surface area (Å²) in [5, 5.41) is 3.44. The van der Waals surface area contributed by atoms with Crippen molar-refractivity contribution >= 4 is 0 Å². The van der Waals surface area contributed by atoms with E-state index in [1.165, 1.54) is 6.07 Å². The van der Waals surface area contributed by atoms with Crippen molar-refractivity contribution in [2.24, 2.45) is 11.7 Å². The summed E-state index contributed by atoms with van der Waals surface area (Å²) in [4.78, 5) is 0. The van der Waals surface area contributed by atoms with Gasteiger partial charge in [0, 0.05) is 24.5 Å². The van der Waals surface area contributed by atoms with E-state index in [4.69, 9.17) is 5.73 Å². The molecule has 0 heterocycles. The van der Waals surface area contributed by atoms with Crippen LogP contribution in [0, 0.1) is 11.7 Å². The highest BCUT2D eigenvalue weighted by Gasteiger charge is 2.25. The lowest BCUT2D eigenvalue weighted by atomic mass is 9.83. The van der Waals surface area contributed by atoms with Crippen molar-refractivity contribution in [3.05, 3.63) is 35.6 Å². The first-order chi connectivity index (χ1) is 8.38. The Balaban J connectivity index is 2.73. The molecule has 2 nitrogen and oxygen atoms in total. The topological polar surface area (TPSA) is 38.0 Å². The number of hydrogen-bond donors (Lipinski definition) is 2. The van der Waals surface area contributed by atoms with Gasteiger partial charge in [-0.1, -0.05) is 45.9 Å². The maximum atomic E-state index is 13.8. The predicted octanol–water partition coefficient (Wildman–Crippen LogP) is 2.68. The van der Waals surface area contributed by atoms with Gasteiger partial charge in [0.2, 0.25) is 0 Å². The minimum atomic E-state index is -0.242. The molecular weight excluding hydrogens is 227 g/mol. The normalized spacial score (nSPS) is 13.9. The second-order valence-corrected chi connectivity index (χ2v) is 5.83. The molecule has 1 rings (SSSR count). The van der Waals surface area contributed by atoms with Crippen LogP contribution in [-0.2, 0) is 5.41 Å². The number of hydrogen-bond acceptors (Lipinski definition) is 2. The molecular formula is C15H25FN2. The van der Waals surface area contributed by atoms with Crippen molar-refractivity contribution < 1.29 is 4.39 Å². The quantitative estimate of drug-likeness (QED) is 0.817. The SMILES string of the molecule is CC(C)C(CN)NCC(C)(C)c1ccccc1F. The fraction of sp³-hybridized carbons (Fsp3) is 0.600. The van der Waals surface area contributed by atoms with Crippen LogP contribution < -0.4 is 11.1 Å². The zero-order chi connectivity index (χ0) is 13.8. The van der Waals surface area contributed by atoms with Gasteiger partial charge in [-0.3, -0.25) is 0 Å². The molecule has 1 aromatic carbocycles. The zero-order valence-electron chi connectivity index (χ0n) is 11.8. The Bertz CT molecular complexity index is 375. The molecule has 1 aromatic rings. The monoisotopic (exact) mass is 252 g/mol. The molecule has 1 atom stereocenters. The highest BCUT2D eigenvalue weighted by molar-refractivity contribution is 5.25. The molecule has 0 amide bonds. The van der Waals surface area contributed by atoms with Crippen LogP contribution in [0.2, 0.25) is 0 Å². The molecule has 0 saturated carbocycles. The molecule has 0 spiro atoms. The Morgan fingerprint density at radius 3 is 2.39 bits per heavy atom. The molecule has 0 aliphatic rings. The maximum Gasteiger partial charge on any atom is 0.126 e. The first-order valence-corrected chi connectivity index (χ1v) is 6.57. The number of halogens is 1. The summed E-state index contributed by atoms with van der Waals surface area (Å²) in [6.07, 6.45) is 0. The van der Waals surface area contributed by atoms with Gasteiger partial charge in [-0.25, -0.2) is 4.39 Å². The first-order valence-electron chi connectivity index (χ1n) is 6.57. The Kier molecular flexibility index (Phi) is 5.29. The highest BCUT2D eigenvalue weighted by atomic mass is 19.1. The van der Waals surface area contributed by atoms with Crippen molar-refractivity contribution in [1.29, 1.82) is 0 Å². The van der Waals surface area contributed by atoms with Crippen LogP contribution in [-0.4, -0.2) is 19.1 Å². The molecule has 0 bridgehead atoms. The molecule has 3 N–H and O–H groups in total.